The molecule has 2 aromatic heterocycles. The molecule has 0 unspecified atom stereocenters. The zero-order valence-corrected chi connectivity index (χ0v) is 24.2. The minimum absolute atomic E-state index is 0. The number of carbonyl (C=O) groups is 2. The van der Waals surface area contributed by atoms with Gasteiger partial charge in [-0.3, -0.25) is 4.40 Å². The van der Waals surface area contributed by atoms with E-state index >= 15 is 0 Å². The Morgan fingerprint density at radius 2 is 1.97 bits per heavy atom. The van der Waals surface area contributed by atoms with Crippen LogP contribution in [0.25, 0.3) is 5.65 Å². The summed E-state index contributed by atoms with van der Waals surface area (Å²) in [6.07, 6.45) is 6.51. The summed E-state index contributed by atoms with van der Waals surface area (Å²) in [5, 5.41) is 9.57. The van der Waals surface area contributed by atoms with Crippen LogP contribution in [0.5, 0.6) is 0 Å². The summed E-state index contributed by atoms with van der Waals surface area (Å²) < 4.78 is 13.1. The maximum atomic E-state index is 13.0. The minimum Gasteiger partial charge on any atom is -1.00 e. The average molecular weight is 496 g/mol. The number of hydrogen-bond acceptors (Lipinski definition) is 6. The van der Waals surface area contributed by atoms with Gasteiger partial charge in [0.05, 0.1) is 12.7 Å². The van der Waals surface area contributed by atoms with Crippen molar-refractivity contribution in [2.75, 3.05) is 25.1 Å². The number of fused-ring (bicyclic) bond motifs is 1. The number of rotatable bonds is 8. The molecule has 3 heterocycles. The second-order valence-electron chi connectivity index (χ2n) is 10.5. The van der Waals surface area contributed by atoms with Crippen LogP contribution in [0, 0.1) is 12.3 Å². The number of aryl methyl sites for hydroxylation is 1. The number of ether oxygens (including phenoxy) is 2. The van der Waals surface area contributed by atoms with Gasteiger partial charge in [0.25, 0.3) is 0 Å². The van der Waals surface area contributed by atoms with Crippen molar-refractivity contribution in [1.82, 2.24) is 9.38 Å². The third-order valence-corrected chi connectivity index (χ3v) is 6.56. The molecule has 0 bridgehead atoms. The van der Waals surface area contributed by atoms with Crippen LogP contribution in [0.4, 0.5) is 5.82 Å². The Kier molecular flexibility index (Phi) is 9.61. The number of methoxy groups -OCH3 is 1. The van der Waals surface area contributed by atoms with Crippen molar-refractivity contribution in [2.45, 2.75) is 72.0 Å². The van der Waals surface area contributed by atoms with E-state index in [0.29, 0.717) is 11.2 Å². The first-order valence-corrected chi connectivity index (χ1v) is 11.8. The number of pyridine rings is 1. The number of imidazole rings is 1. The number of piperidine rings is 1. The molecule has 8 nitrogen and oxygen atoms in total. The third-order valence-electron chi connectivity index (χ3n) is 6.56. The third kappa shape index (κ3) is 6.67. The zero-order valence-electron chi connectivity index (χ0n) is 23.2. The van der Waals surface area contributed by atoms with Gasteiger partial charge in [-0.15, -0.1) is 6.58 Å². The Morgan fingerprint density at radius 3 is 2.49 bits per heavy atom. The molecule has 1 atom stereocenters. The van der Waals surface area contributed by atoms with Gasteiger partial charge in [0, 0.05) is 24.8 Å². The van der Waals surface area contributed by atoms with Crippen LogP contribution in [0.2, 0.25) is 0 Å². The van der Waals surface area contributed by atoms with Crippen molar-refractivity contribution in [1.29, 1.82) is 0 Å². The van der Waals surface area contributed by atoms with Crippen molar-refractivity contribution in [2.24, 2.45) is 5.41 Å². The molecular formula is C26H38N3NaO5. The summed E-state index contributed by atoms with van der Waals surface area (Å²) in [5.41, 5.74) is 1.55. The van der Waals surface area contributed by atoms with E-state index in [-0.39, 0.29) is 42.1 Å². The normalized spacial score (nSPS) is 16.5. The number of esters is 1. The van der Waals surface area contributed by atoms with E-state index in [1.165, 1.54) is 13.3 Å². The fourth-order valence-corrected chi connectivity index (χ4v) is 4.64. The molecule has 1 aliphatic rings. The SMILES string of the molecule is C=CCCC1(C)CCN(c2c([C@H](OC(C)(C)C)C(=O)OC)c(C)cc3nc(C(=O)O)cn23)CC1.[H-].[Na+]. The molecule has 1 fully saturated rings. The molecule has 35 heavy (non-hydrogen) atoms. The van der Waals surface area contributed by atoms with Crippen LogP contribution in [0.15, 0.2) is 24.9 Å². The van der Waals surface area contributed by atoms with Gasteiger partial charge in [-0.25, -0.2) is 14.6 Å². The molecule has 188 valence electrons. The molecule has 0 aromatic carbocycles. The largest absolute Gasteiger partial charge is 1.00 e. The van der Waals surface area contributed by atoms with Crippen LogP contribution >= 0.6 is 0 Å². The van der Waals surface area contributed by atoms with Crippen molar-refractivity contribution in [3.63, 3.8) is 0 Å². The van der Waals surface area contributed by atoms with E-state index in [1.54, 1.807) is 10.5 Å². The summed E-state index contributed by atoms with van der Waals surface area (Å²) in [4.78, 5) is 31.2. The predicted molar refractivity (Wildman–Crippen MR) is 133 cm³/mol. The Hall–Kier alpha value is -1.87. The molecule has 1 saturated heterocycles. The Bertz CT molecular complexity index is 1090. The van der Waals surface area contributed by atoms with Crippen LogP contribution in [-0.4, -0.2) is 52.2 Å². The molecule has 2 aromatic rings. The summed E-state index contributed by atoms with van der Waals surface area (Å²) in [5.74, 6) is -0.856. The standard InChI is InChI=1S/C26H37N3O5.Na.H/c1-8-9-10-26(6)11-13-28(14-12-26)22-20(21(24(32)33-7)34-25(3,4)5)17(2)15-19-27-18(23(30)31)16-29(19)22;;/h8,15-16,21H,1,9-14H2,2-7H3,(H,30,31);;/q;+1;-1/t21-;;/m0../s1. The van der Waals surface area contributed by atoms with Gasteiger partial charge in [0.2, 0.25) is 0 Å². The molecule has 9 heteroatoms. The quantitative estimate of drug-likeness (QED) is 0.340. The van der Waals surface area contributed by atoms with Crippen LogP contribution in [0.3, 0.4) is 0 Å². The Morgan fingerprint density at radius 1 is 1.34 bits per heavy atom. The van der Waals surface area contributed by atoms with E-state index in [4.69, 9.17) is 9.47 Å². The topological polar surface area (TPSA) is 93.4 Å². The molecule has 1 aliphatic heterocycles. The number of carboxylic acid groups (broad SMARTS) is 1. The molecule has 0 radical (unpaired) electrons. The first kappa shape index (κ1) is 29.4. The average Bonchev–Trinajstić information content (AvgIpc) is 3.19. The second-order valence-corrected chi connectivity index (χ2v) is 10.5. The molecule has 3 rings (SSSR count). The maximum Gasteiger partial charge on any atom is 1.00 e. The number of nitrogens with zero attached hydrogens (tertiary/aromatic N) is 3. The summed E-state index contributed by atoms with van der Waals surface area (Å²) >= 11 is 0. The smallest absolute Gasteiger partial charge is 1.00 e. The van der Waals surface area contributed by atoms with Gasteiger partial charge in [0.1, 0.15) is 11.5 Å². The number of allylic oxidation sites excluding steroid dienone is 1. The van der Waals surface area contributed by atoms with Crippen LogP contribution in [0.1, 0.15) is 82.5 Å². The predicted octanol–water partition coefficient (Wildman–Crippen LogP) is 2.06. The minimum atomic E-state index is -1.10. The first-order chi connectivity index (χ1) is 15.9. The number of carboxylic acids is 1. The van der Waals surface area contributed by atoms with Gasteiger partial charge in [-0.1, -0.05) is 13.0 Å². The summed E-state index contributed by atoms with van der Waals surface area (Å²) in [6.45, 7) is 15.3. The number of carbonyl (C=O) groups excluding carboxylic acids is 1. The first-order valence-electron chi connectivity index (χ1n) is 11.8. The maximum absolute atomic E-state index is 13.0. The molecule has 0 spiro atoms. The van der Waals surface area contributed by atoms with Crippen molar-refractivity contribution >= 4 is 23.4 Å². The van der Waals surface area contributed by atoms with Crippen molar-refractivity contribution in [3.05, 3.63) is 41.7 Å². The monoisotopic (exact) mass is 495 g/mol. The molecule has 0 aliphatic carbocycles. The molecule has 0 amide bonds. The fourth-order valence-electron chi connectivity index (χ4n) is 4.64. The Labute approximate surface area is 231 Å². The Balaban J connectivity index is 0.00000324. The molecular weight excluding hydrogens is 457 g/mol. The summed E-state index contributed by atoms with van der Waals surface area (Å²) in [6, 6.07) is 1.80. The number of anilines is 1. The van der Waals surface area contributed by atoms with Crippen LogP contribution in [-0.2, 0) is 14.3 Å². The number of aromatic nitrogens is 2. The van der Waals surface area contributed by atoms with Gasteiger partial charge >= 0.3 is 41.5 Å². The van der Waals surface area contributed by atoms with E-state index < -0.39 is 23.6 Å². The number of hydrogen-bond donors (Lipinski definition) is 1. The van der Waals surface area contributed by atoms with Gasteiger partial charge < -0.3 is 20.9 Å². The van der Waals surface area contributed by atoms with E-state index in [9.17, 15) is 14.7 Å². The van der Waals surface area contributed by atoms with Crippen molar-refractivity contribution in [3.8, 4) is 0 Å². The number of aromatic carboxylic acids is 1. The fraction of sp³-hybridized carbons (Fsp3) is 0.577. The van der Waals surface area contributed by atoms with Crippen molar-refractivity contribution < 1.29 is 55.2 Å². The van der Waals surface area contributed by atoms with Gasteiger partial charge in [-0.2, -0.15) is 0 Å². The van der Waals surface area contributed by atoms with E-state index in [1.807, 2.05) is 33.8 Å². The van der Waals surface area contributed by atoms with Crippen LogP contribution < -0.4 is 34.5 Å². The molecule has 0 saturated carbocycles. The van der Waals surface area contributed by atoms with E-state index in [2.05, 4.69) is 23.4 Å². The molecule has 1 N–H and O–H groups in total. The summed E-state index contributed by atoms with van der Waals surface area (Å²) in [7, 11) is 1.35. The van der Waals surface area contributed by atoms with Gasteiger partial charge in [-0.05, 0) is 70.4 Å². The zero-order chi connectivity index (χ0) is 25.3. The van der Waals surface area contributed by atoms with Gasteiger partial charge in [0.15, 0.2) is 11.8 Å². The second kappa shape index (κ2) is 11.5. The van der Waals surface area contributed by atoms with E-state index in [0.717, 1.165) is 50.2 Å².